The lowest BCUT2D eigenvalue weighted by atomic mass is 9.76. The van der Waals surface area contributed by atoms with Crippen LogP contribution in [0.1, 0.15) is 38.2 Å². The molecule has 142 valence electrons. The Morgan fingerprint density at radius 2 is 2.08 bits per heavy atom. The average Bonchev–Trinajstić information content (AvgIpc) is 3.23. The topological polar surface area (TPSA) is 55.8 Å². The molecule has 26 heavy (non-hydrogen) atoms. The number of fused-ring (bicyclic) bond motifs is 2. The molecule has 1 aromatic rings. The maximum Gasteiger partial charge on any atom is 0.135 e. The summed E-state index contributed by atoms with van der Waals surface area (Å²) < 4.78 is 11.4. The summed E-state index contributed by atoms with van der Waals surface area (Å²) in [6, 6.07) is 10.00. The van der Waals surface area contributed by atoms with Gasteiger partial charge in [0.05, 0.1) is 24.9 Å². The van der Waals surface area contributed by atoms with Crippen molar-refractivity contribution in [1.29, 1.82) is 0 Å². The van der Waals surface area contributed by atoms with E-state index in [1.54, 1.807) is 0 Å². The number of Topliss-reactive ketones (excluding diaryl/α,β-unsaturated/α-hetero) is 1. The normalized spacial score (nSPS) is 28.7. The maximum absolute atomic E-state index is 12.3. The third kappa shape index (κ3) is 5.03. The fourth-order valence-electron chi connectivity index (χ4n) is 4.22. The molecule has 2 fully saturated rings. The van der Waals surface area contributed by atoms with Crippen molar-refractivity contribution in [1.82, 2.24) is 0 Å². The number of carbonyl (C=O) groups is 1. The SMILES string of the molecule is CCOCCC(=O)C[C@@H]1[C@H](C=CC(O)Cc2ccccc2)[C@@H]2CC[C@H]1O2. The molecule has 2 bridgehead atoms. The Morgan fingerprint density at radius 1 is 1.31 bits per heavy atom. The Bertz CT molecular complexity index is 597. The van der Waals surface area contributed by atoms with Gasteiger partial charge in [-0.1, -0.05) is 42.5 Å². The second-order valence-corrected chi connectivity index (χ2v) is 7.36. The van der Waals surface area contributed by atoms with Gasteiger partial charge in [0.2, 0.25) is 0 Å². The second-order valence-electron chi connectivity index (χ2n) is 7.36. The number of aliphatic hydroxyl groups is 1. The molecule has 0 saturated carbocycles. The predicted molar refractivity (Wildman–Crippen MR) is 101 cm³/mol. The summed E-state index contributed by atoms with van der Waals surface area (Å²) in [4.78, 5) is 12.3. The molecule has 2 aliphatic rings. The summed E-state index contributed by atoms with van der Waals surface area (Å²) in [5.41, 5.74) is 1.12. The number of carbonyl (C=O) groups excluding carboxylic acids is 1. The summed E-state index contributed by atoms with van der Waals surface area (Å²) >= 11 is 0. The fraction of sp³-hybridized carbons (Fsp3) is 0.591. The van der Waals surface area contributed by atoms with E-state index in [1.807, 2.05) is 43.3 Å². The summed E-state index contributed by atoms with van der Waals surface area (Å²) in [6.45, 7) is 3.10. The lowest BCUT2D eigenvalue weighted by Crippen LogP contribution is -2.28. The zero-order valence-corrected chi connectivity index (χ0v) is 15.5. The average molecular weight is 358 g/mol. The van der Waals surface area contributed by atoms with Crippen LogP contribution in [-0.2, 0) is 20.7 Å². The molecule has 2 saturated heterocycles. The summed E-state index contributed by atoms with van der Waals surface area (Å²) in [5.74, 6) is 0.723. The molecule has 0 spiro atoms. The smallest absolute Gasteiger partial charge is 0.135 e. The van der Waals surface area contributed by atoms with Gasteiger partial charge >= 0.3 is 0 Å². The van der Waals surface area contributed by atoms with Gasteiger partial charge in [0.15, 0.2) is 0 Å². The van der Waals surface area contributed by atoms with Gasteiger partial charge in [0.25, 0.3) is 0 Å². The van der Waals surface area contributed by atoms with Crippen LogP contribution in [0.5, 0.6) is 0 Å². The highest BCUT2D eigenvalue weighted by atomic mass is 16.5. The number of hydrogen-bond acceptors (Lipinski definition) is 4. The molecule has 4 heteroatoms. The molecule has 0 radical (unpaired) electrons. The van der Waals surface area contributed by atoms with Crippen LogP contribution in [0.3, 0.4) is 0 Å². The number of hydrogen-bond donors (Lipinski definition) is 1. The molecule has 3 rings (SSSR count). The number of ketones is 1. The minimum Gasteiger partial charge on any atom is -0.389 e. The maximum atomic E-state index is 12.3. The first-order valence-electron chi connectivity index (χ1n) is 9.82. The molecule has 1 N–H and O–H groups in total. The van der Waals surface area contributed by atoms with Crippen molar-refractivity contribution in [3.05, 3.63) is 48.0 Å². The van der Waals surface area contributed by atoms with Crippen molar-refractivity contribution in [2.45, 2.75) is 57.3 Å². The summed E-state index contributed by atoms with van der Waals surface area (Å²) in [5, 5.41) is 10.3. The monoisotopic (exact) mass is 358 g/mol. The fourth-order valence-corrected chi connectivity index (χ4v) is 4.22. The highest BCUT2D eigenvalue weighted by molar-refractivity contribution is 5.79. The molecule has 0 aromatic heterocycles. The molecule has 4 nitrogen and oxygen atoms in total. The summed E-state index contributed by atoms with van der Waals surface area (Å²) in [6.07, 6.45) is 7.61. The van der Waals surface area contributed by atoms with E-state index in [1.165, 1.54) is 0 Å². The number of ether oxygens (including phenoxy) is 2. The van der Waals surface area contributed by atoms with Crippen LogP contribution >= 0.6 is 0 Å². The van der Waals surface area contributed by atoms with E-state index in [9.17, 15) is 9.90 Å². The van der Waals surface area contributed by atoms with Crippen LogP contribution in [0.2, 0.25) is 0 Å². The molecule has 1 unspecified atom stereocenters. The van der Waals surface area contributed by atoms with Gasteiger partial charge in [-0.3, -0.25) is 4.79 Å². The van der Waals surface area contributed by atoms with E-state index in [2.05, 4.69) is 6.08 Å². The minimum absolute atomic E-state index is 0.192. The van der Waals surface area contributed by atoms with Crippen LogP contribution in [-0.4, -0.2) is 42.4 Å². The van der Waals surface area contributed by atoms with Crippen molar-refractivity contribution in [3.8, 4) is 0 Å². The van der Waals surface area contributed by atoms with Crippen molar-refractivity contribution >= 4 is 5.78 Å². The molecule has 5 atom stereocenters. The van der Waals surface area contributed by atoms with Crippen molar-refractivity contribution < 1.29 is 19.4 Å². The Hall–Kier alpha value is -1.49. The van der Waals surface area contributed by atoms with Gasteiger partial charge in [0.1, 0.15) is 5.78 Å². The van der Waals surface area contributed by atoms with E-state index in [4.69, 9.17) is 9.47 Å². The van der Waals surface area contributed by atoms with E-state index in [-0.39, 0.29) is 29.8 Å². The molecular formula is C22H30O4. The van der Waals surface area contributed by atoms with Gasteiger partial charge in [-0.15, -0.1) is 0 Å². The quantitative estimate of drug-likeness (QED) is 0.515. The van der Waals surface area contributed by atoms with E-state index < -0.39 is 6.10 Å². The van der Waals surface area contributed by atoms with Gasteiger partial charge < -0.3 is 14.6 Å². The number of benzene rings is 1. The molecule has 1 aromatic carbocycles. The van der Waals surface area contributed by atoms with Gasteiger partial charge in [-0.2, -0.15) is 0 Å². The zero-order chi connectivity index (χ0) is 18.4. The summed E-state index contributed by atoms with van der Waals surface area (Å²) in [7, 11) is 0. The standard InChI is InChI=1S/C22H30O4/c1-2-25-13-12-18(24)15-20-19(21-10-11-22(20)26-21)9-8-17(23)14-16-6-4-3-5-7-16/h3-9,17,19-23H,2,10-15H2,1H3/t17?,19-,20+,21-,22+/m0/s1. The first kappa shape index (κ1) is 19.3. The molecular weight excluding hydrogens is 328 g/mol. The second kappa shape index (κ2) is 9.45. The van der Waals surface area contributed by atoms with E-state index in [0.29, 0.717) is 32.5 Å². The molecule has 0 aliphatic carbocycles. The van der Waals surface area contributed by atoms with Crippen LogP contribution in [0.15, 0.2) is 42.5 Å². The predicted octanol–water partition coefficient (Wildman–Crippen LogP) is 3.33. The minimum atomic E-state index is -0.508. The number of rotatable bonds is 10. The molecule has 2 aliphatic heterocycles. The Balaban J connectivity index is 1.55. The van der Waals surface area contributed by atoms with E-state index >= 15 is 0 Å². The van der Waals surface area contributed by atoms with Crippen molar-refractivity contribution in [2.24, 2.45) is 11.8 Å². The van der Waals surface area contributed by atoms with Crippen molar-refractivity contribution in [2.75, 3.05) is 13.2 Å². The van der Waals surface area contributed by atoms with Gasteiger partial charge in [-0.05, 0) is 25.3 Å². The Kier molecular flexibility index (Phi) is 7.00. The highest BCUT2D eigenvalue weighted by Crippen LogP contribution is 2.45. The van der Waals surface area contributed by atoms with E-state index in [0.717, 1.165) is 18.4 Å². The highest BCUT2D eigenvalue weighted by Gasteiger charge is 2.48. The Labute approximate surface area is 156 Å². The number of aliphatic hydroxyl groups excluding tert-OH is 1. The first-order chi connectivity index (χ1) is 12.7. The van der Waals surface area contributed by atoms with Gasteiger partial charge in [-0.25, -0.2) is 0 Å². The third-order valence-electron chi connectivity index (χ3n) is 5.52. The van der Waals surface area contributed by atoms with Crippen LogP contribution in [0, 0.1) is 11.8 Å². The largest absolute Gasteiger partial charge is 0.389 e. The molecule has 2 heterocycles. The van der Waals surface area contributed by atoms with Crippen LogP contribution in [0.4, 0.5) is 0 Å². The zero-order valence-electron chi connectivity index (χ0n) is 15.5. The van der Waals surface area contributed by atoms with Gasteiger partial charge in [0, 0.05) is 37.7 Å². The first-order valence-corrected chi connectivity index (χ1v) is 9.82. The van der Waals surface area contributed by atoms with Crippen LogP contribution < -0.4 is 0 Å². The third-order valence-corrected chi connectivity index (χ3v) is 5.52. The Morgan fingerprint density at radius 3 is 2.85 bits per heavy atom. The van der Waals surface area contributed by atoms with Crippen molar-refractivity contribution in [3.63, 3.8) is 0 Å². The molecule has 0 amide bonds. The lowest BCUT2D eigenvalue weighted by Gasteiger charge is -2.25. The van der Waals surface area contributed by atoms with Crippen LogP contribution in [0.25, 0.3) is 0 Å². The lowest BCUT2D eigenvalue weighted by molar-refractivity contribution is -0.121.